The quantitative estimate of drug-likeness (QED) is 0.461. The van der Waals surface area contributed by atoms with Gasteiger partial charge in [-0.25, -0.2) is 5.43 Å². The van der Waals surface area contributed by atoms with Crippen molar-refractivity contribution in [2.75, 3.05) is 33.9 Å². The lowest BCUT2D eigenvalue weighted by Crippen LogP contribution is -2.27. The summed E-state index contributed by atoms with van der Waals surface area (Å²) in [5, 5.41) is 12.7. The second-order valence-electron chi connectivity index (χ2n) is 6.43. The van der Waals surface area contributed by atoms with Crippen molar-refractivity contribution in [3.8, 4) is 23.3 Å². The van der Waals surface area contributed by atoms with Gasteiger partial charge in [-0.3, -0.25) is 9.59 Å². The maximum absolute atomic E-state index is 11.9. The second kappa shape index (κ2) is 11.8. The number of carbonyl (C=O) groups excluding carboxylic acids is 2. The molecule has 0 aliphatic carbocycles. The monoisotopic (exact) mass is 424 g/mol. The largest absolute Gasteiger partial charge is 0.490 e. The molecule has 0 bridgehead atoms. The first-order valence-electron chi connectivity index (χ1n) is 9.47. The molecule has 0 spiro atoms. The van der Waals surface area contributed by atoms with Crippen molar-refractivity contribution in [3.63, 3.8) is 0 Å². The van der Waals surface area contributed by atoms with Crippen molar-refractivity contribution in [2.24, 2.45) is 5.10 Å². The first-order valence-corrected chi connectivity index (χ1v) is 9.47. The minimum Gasteiger partial charge on any atom is -0.490 e. The van der Waals surface area contributed by atoms with Crippen LogP contribution in [0.5, 0.6) is 17.2 Å². The van der Waals surface area contributed by atoms with Gasteiger partial charge >= 0.3 is 0 Å². The molecular formula is C22H24N4O5. The molecule has 9 nitrogen and oxygen atoms in total. The van der Waals surface area contributed by atoms with Crippen LogP contribution in [-0.4, -0.2) is 56.8 Å². The van der Waals surface area contributed by atoms with Gasteiger partial charge in [0, 0.05) is 14.1 Å². The van der Waals surface area contributed by atoms with Gasteiger partial charge in [0.2, 0.25) is 0 Å². The molecule has 162 valence electrons. The molecule has 0 radical (unpaired) electrons. The molecule has 9 heteroatoms. The molecule has 0 heterocycles. The van der Waals surface area contributed by atoms with Gasteiger partial charge in [-0.2, -0.15) is 10.4 Å². The number of nitrogens with one attached hydrogen (secondary N) is 1. The van der Waals surface area contributed by atoms with E-state index in [0.29, 0.717) is 35.0 Å². The van der Waals surface area contributed by atoms with Gasteiger partial charge in [0.05, 0.1) is 24.5 Å². The molecule has 0 aromatic heterocycles. The summed E-state index contributed by atoms with van der Waals surface area (Å²) in [5.74, 6) is 0.775. The average Bonchev–Trinajstić information content (AvgIpc) is 2.77. The zero-order valence-corrected chi connectivity index (χ0v) is 17.6. The van der Waals surface area contributed by atoms with Gasteiger partial charge in [-0.15, -0.1) is 0 Å². The lowest BCUT2D eigenvalue weighted by Gasteiger charge is -2.14. The van der Waals surface area contributed by atoms with Crippen LogP contribution in [0.3, 0.4) is 0 Å². The van der Waals surface area contributed by atoms with Crippen LogP contribution in [0.1, 0.15) is 18.1 Å². The third kappa shape index (κ3) is 7.70. The number of nitrogens with zero attached hydrogens (tertiary/aromatic N) is 3. The van der Waals surface area contributed by atoms with Gasteiger partial charge < -0.3 is 19.1 Å². The highest BCUT2D eigenvalue weighted by molar-refractivity contribution is 5.84. The first kappa shape index (κ1) is 23.2. The van der Waals surface area contributed by atoms with Crippen LogP contribution in [0.2, 0.25) is 0 Å². The summed E-state index contributed by atoms with van der Waals surface area (Å²) < 4.78 is 16.4. The number of nitriles is 1. The fourth-order valence-corrected chi connectivity index (χ4v) is 2.25. The van der Waals surface area contributed by atoms with E-state index in [9.17, 15) is 9.59 Å². The van der Waals surface area contributed by atoms with E-state index in [-0.39, 0.29) is 19.1 Å². The number of benzene rings is 2. The molecule has 0 saturated heterocycles. The predicted octanol–water partition coefficient (Wildman–Crippen LogP) is 1.95. The van der Waals surface area contributed by atoms with Crippen LogP contribution in [-0.2, 0) is 9.59 Å². The molecule has 0 aliphatic heterocycles. The maximum atomic E-state index is 11.9. The Bertz CT molecular complexity index is 965. The number of rotatable bonds is 10. The van der Waals surface area contributed by atoms with E-state index in [2.05, 4.69) is 10.5 Å². The Labute approximate surface area is 180 Å². The summed E-state index contributed by atoms with van der Waals surface area (Å²) in [6.45, 7) is 1.93. The second-order valence-corrected chi connectivity index (χ2v) is 6.43. The van der Waals surface area contributed by atoms with Gasteiger partial charge in [-0.05, 0) is 55.0 Å². The summed E-state index contributed by atoms with van der Waals surface area (Å²) >= 11 is 0. The lowest BCUT2D eigenvalue weighted by molar-refractivity contribution is -0.130. The van der Waals surface area contributed by atoms with Crippen molar-refractivity contribution in [1.29, 1.82) is 5.26 Å². The van der Waals surface area contributed by atoms with Gasteiger partial charge in [0.25, 0.3) is 11.8 Å². The molecular weight excluding hydrogens is 400 g/mol. The Morgan fingerprint density at radius 2 is 1.81 bits per heavy atom. The van der Waals surface area contributed by atoms with Crippen LogP contribution in [0.25, 0.3) is 0 Å². The average molecular weight is 424 g/mol. The van der Waals surface area contributed by atoms with Crippen molar-refractivity contribution in [3.05, 3.63) is 53.6 Å². The number of hydrogen-bond donors (Lipinski definition) is 1. The highest BCUT2D eigenvalue weighted by Crippen LogP contribution is 2.28. The molecule has 0 atom stereocenters. The van der Waals surface area contributed by atoms with Crippen molar-refractivity contribution in [1.82, 2.24) is 10.3 Å². The van der Waals surface area contributed by atoms with Crippen molar-refractivity contribution < 1.29 is 23.8 Å². The minimum atomic E-state index is -0.437. The normalized spacial score (nSPS) is 10.3. The minimum absolute atomic E-state index is 0.101. The molecule has 2 aromatic carbocycles. The molecule has 1 N–H and O–H groups in total. The summed E-state index contributed by atoms with van der Waals surface area (Å²) in [4.78, 5) is 25.0. The third-order valence-electron chi connectivity index (χ3n) is 3.87. The highest BCUT2D eigenvalue weighted by atomic mass is 16.5. The zero-order valence-electron chi connectivity index (χ0n) is 17.6. The van der Waals surface area contributed by atoms with Crippen LogP contribution in [0.15, 0.2) is 47.6 Å². The smallest absolute Gasteiger partial charge is 0.277 e. The standard InChI is InChI=1S/C22H24N4O5/c1-4-29-20-11-17(7-10-19(20)31-15-22(28)26(2)3)13-24-25-21(27)14-30-18-8-5-16(12-23)6-9-18/h5-11,13H,4,14-15H2,1-3H3,(H,25,27)/b24-13+. The molecule has 2 rings (SSSR count). The summed E-state index contributed by atoms with van der Waals surface area (Å²) in [6, 6.07) is 13.5. The highest BCUT2D eigenvalue weighted by Gasteiger charge is 2.10. The fourth-order valence-electron chi connectivity index (χ4n) is 2.25. The Kier molecular flexibility index (Phi) is 8.86. The Morgan fingerprint density at radius 3 is 2.45 bits per heavy atom. The van der Waals surface area contributed by atoms with Gasteiger partial charge in [-0.1, -0.05) is 0 Å². The molecule has 0 aliphatic rings. The fraction of sp³-hybridized carbons (Fsp3) is 0.273. The number of hydrazone groups is 1. The molecule has 0 unspecified atom stereocenters. The topological polar surface area (TPSA) is 113 Å². The SMILES string of the molecule is CCOc1cc(/C=N/NC(=O)COc2ccc(C#N)cc2)ccc1OCC(=O)N(C)C. The molecule has 2 aromatic rings. The van der Waals surface area contributed by atoms with Crippen LogP contribution in [0, 0.1) is 11.3 Å². The maximum Gasteiger partial charge on any atom is 0.277 e. The zero-order chi connectivity index (χ0) is 22.6. The van der Waals surface area contributed by atoms with Crippen LogP contribution in [0.4, 0.5) is 0 Å². The summed E-state index contributed by atoms with van der Waals surface area (Å²) in [6.07, 6.45) is 1.46. The number of likely N-dealkylation sites (N-methyl/N-ethyl adjacent to an activating group) is 1. The van der Waals surface area contributed by atoms with Crippen molar-refractivity contribution >= 4 is 18.0 Å². The first-order chi connectivity index (χ1) is 14.9. The van der Waals surface area contributed by atoms with Crippen LogP contribution < -0.4 is 19.6 Å². The number of hydrogen-bond acceptors (Lipinski definition) is 7. The van der Waals surface area contributed by atoms with Crippen molar-refractivity contribution in [2.45, 2.75) is 6.92 Å². The predicted molar refractivity (Wildman–Crippen MR) is 114 cm³/mol. The summed E-state index contributed by atoms with van der Waals surface area (Å²) in [7, 11) is 3.30. The molecule has 2 amide bonds. The lowest BCUT2D eigenvalue weighted by atomic mass is 10.2. The number of carbonyl (C=O) groups is 2. The van der Waals surface area contributed by atoms with E-state index in [0.717, 1.165) is 0 Å². The van der Waals surface area contributed by atoms with E-state index < -0.39 is 5.91 Å². The van der Waals surface area contributed by atoms with E-state index in [1.54, 1.807) is 56.6 Å². The molecule has 0 saturated carbocycles. The van der Waals surface area contributed by atoms with E-state index >= 15 is 0 Å². The van der Waals surface area contributed by atoms with E-state index in [1.807, 2.05) is 13.0 Å². The Hall–Kier alpha value is -4.06. The van der Waals surface area contributed by atoms with Gasteiger partial charge in [0.15, 0.2) is 24.7 Å². The van der Waals surface area contributed by atoms with Gasteiger partial charge in [0.1, 0.15) is 5.75 Å². The third-order valence-corrected chi connectivity index (χ3v) is 3.87. The van der Waals surface area contributed by atoms with E-state index in [1.165, 1.54) is 11.1 Å². The van der Waals surface area contributed by atoms with Crippen LogP contribution >= 0.6 is 0 Å². The Morgan fingerprint density at radius 1 is 1.06 bits per heavy atom. The number of amides is 2. The number of ether oxygens (including phenoxy) is 3. The molecule has 31 heavy (non-hydrogen) atoms. The van der Waals surface area contributed by atoms with E-state index in [4.69, 9.17) is 19.5 Å². The summed E-state index contributed by atoms with van der Waals surface area (Å²) in [5.41, 5.74) is 3.55. The molecule has 0 fully saturated rings. The Balaban J connectivity index is 1.90.